The minimum absolute atomic E-state index is 0.0388. The molecule has 3 nitrogen and oxygen atoms in total. The van der Waals surface area contributed by atoms with Gasteiger partial charge in [-0.25, -0.2) is 0 Å². The van der Waals surface area contributed by atoms with Crippen LogP contribution in [0.3, 0.4) is 0 Å². The molecule has 0 amide bonds. The monoisotopic (exact) mass is 178 g/mol. The smallest absolute Gasteiger partial charge is 0.181 e. The van der Waals surface area contributed by atoms with E-state index in [1.54, 1.807) is 24.5 Å². The number of hydrogen-bond donors (Lipinski definition) is 1. The molecule has 0 aliphatic rings. The lowest BCUT2D eigenvalue weighted by atomic mass is 9.97. The number of nitrogens with two attached hydrogens (primary N) is 1. The molecule has 0 aliphatic carbocycles. The van der Waals surface area contributed by atoms with Gasteiger partial charge in [-0.3, -0.25) is 9.78 Å². The van der Waals surface area contributed by atoms with Crippen molar-refractivity contribution in [3.05, 3.63) is 30.1 Å². The predicted octanol–water partition coefficient (Wildman–Crippen LogP) is 1.25. The third kappa shape index (κ3) is 2.36. The number of nitrogens with zero attached hydrogens (tertiary/aromatic N) is 1. The Labute approximate surface area is 78.0 Å². The van der Waals surface area contributed by atoms with Gasteiger partial charge in [0, 0.05) is 18.0 Å². The van der Waals surface area contributed by atoms with E-state index in [0.29, 0.717) is 5.56 Å². The van der Waals surface area contributed by atoms with E-state index < -0.39 is 6.04 Å². The highest BCUT2D eigenvalue weighted by Gasteiger charge is 2.18. The van der Waals surface area contributed by atoms with E-state index in [9.17, 15) is 4.79 Å². The van der Waals surface area contributed by atoms with E-state index in [1.807, 2.05) is 13.8 Å². The molecule has 1 aromatic rings. The average molecular weight is 178 g/mol. The van der Waals surface area contributed by atoms with Crippen molar-refractivity contribution in [3.8, 4) is 0 Å². The molecule has 3 heteroatoms. The summed E-state index contributed by atoms with van der Waals surface area (Å²) in [5, 5.41) is 0. The molecule has 1 unspecified atom stereocenters. The third-order valence-corrected chi connectivity index (χ3v) is 1.97. The molecule has 0 saturated carbocycles. The second-order valence-corrected chi connectivity index (χ2v) is 3.38. The van der Waals surface area contributed by atoms with Gasteiger partial charge in [-0.15, -0.1) is 0 Å². The standard InChI is InChI=1S/C10H14N2O/c1-7(2)9(11)10(13)8-4-3-5-12-6-8/h3-7,9H,11H2,1-2H3. The molecule has 2 N–H and O–H groups in total. The minimum atomic E-state index is -0.427. The fourth-order valence-electron chi connectivity index (χ4n) is 1.00. The molecule has 0 fully saturated rings. The summed E-state index contributed by atoms with van der Waals surface area (Å²) in [4.78, 5) is 15.5. The normalized spacial score (nSPS) is 12.9. The highest BCUT2D eigenvalue weighted by atomic mass is 16.1. The molecule has 1 atom stereocenters. The molecule has 0 spiro atoms. The van der Waals surface area contributed by atoms with Crippen LogP contribution in [-0.2, 0) is 0 Å². The van der Waals surface area contributed by atoms with Gasteiger partial charge >= 0.3 is 0 Å². The van der Waals surface area contributed by atoms with Crippen LogP contribution in [0.15, 0.2) is 24.5 Å². The maximum atomic E-state index is 11.6. The Morgan fingerprint density at radius 2 is 2.23 bits per heavy atom. The summed E-state index contributed by atoms with van der Waals surface area (Å²) in [7, 11) is 0. The molecule has 0 saturated heterocycles. The van der Waals surface area contributed by atoms with Crippen LogP contribution in [-0.4, -0.2) is 16.8 Å². The number of hydrogen-bond acceptors (Lipinski definition) is 3. The van der Waals surface area contributed by atoms with Crippen molar-refractivity contribution in [2.24, 2.45) is 11.7 Å². The van der Waals surface area contributed by atoms with Crippen LogP contribution in [0.2, 0.25) is 0 Å². The third-order valence-electron chi connectivity index (χ3n) is 1.97. The highest BCUT2D eigenvalue weighted by molar-refractivity contribution is 5.99. The van der Waals surface area contributed by atoms with E-state index in [-0.39, 0.29) is 11.7 Å². The molecular formula is C10H14N2O. The van der Waals surface area contributed by atoms with Crippen LogP contribution in [0, 0.1) is 5.92 Å². The minimum Gasteiger partial charge on any atom is -0.321 e. The summed E-state index contributed by atoms with van der Waals surface area (Å²) >= 11 is 0. The Balaban J connectivity index is 2.80. The summed E-state index contributed by atoms with van der Waals surface area (Å²) in [5.74, 6) is 0.121. The Hall–Kier alpha value is -1.22. The molecule has 0 bridgehead atoms. The van der Waals surface area contributed by atoms with Crippen LogP contribution >= 0.6 is 0 Å². The van der Waals surface area contributed by atoms with E-state index in [1.165, 1.54) is 0 Å². The van der Waals surface area contributed by atoms with Gasteiger partial charge in [0.1, 0.15) is 0 Å². The molecule has 0 aliphatic heterocycles. The van der Waals surface area contributed by atoms with Gasteiger partial charge in [-0.1, -0.05) is 13.8 Å². The Kier molecular flexibility index (Phi) is 3.14. The van der Waals surface area contributed by atoms with Gasteiger partial charge in [-0.2, -0.15) is 0 Å². The summed E-state index contributed by atoms with van der Waals surface area (Å²) in [6.07, 6.45) is 3.18. The first-order valence-electron chi connectivity index (χ1n) is 4.32. The quantitative estimate of drug-likeness (QED) is 0.708. The number of rotatable bonds is 3. The van der Waals surface area contributed by atoms with Gasteiger partial charge in [0.25, 0.3) is 0 Å². The summed E-state index contributed by atoms with van der Waals surface area (Å²) in [5.41, 5.74) is 6.30. The van der Waals surface area contributed by atoms with Crippen LogP contribution < -0.4 is 5.73 Å². The molecule has 13 heavy (non-hydrogen) atoms. The zero-order valence-corrected chi connectivity index (χ0v) is 7.90. The van der Waals surface area contributed by atoms with Crippen molar-refractivity contribution >= 4 is 5.78 Å². The maximum Gasteiger partial charge on any atom is 0.181 e. The largest absolute Gasteiger partial charge is 0.321 e. The van der Waals surface area contributed by atoms with Crippen molar-refractivity contribution in [3.63, 3.8) is 0 Å². The number of ketones is 1. The van der Waals surface area contributed by atoms with Gasteiger partial charge in [0.15, 0.2) is 5.78 Å². The van der Waals surface area contributed by atoms with Crippen molar-refractivity contribution < 1.29 is 4.79 Å². The van der Waals surface area contributed by atoms with Crippen LogP contribution in [0.25, 0.3) is 0 Å². The zero-order valence-electron chi connectivity index (χ0n) is 7.90. The van der Waals surface area contributed by atoms with E-state index in [2.05, 4.69) is 4.98 Å². The van der Waals surface area contributed by atoms with Gasteiger partial charge in [0.05, 0.1) is 6.04 Å². The fourth-order valence-corrected chi connectivity index (χ4v) is 1.00. The average Bonchev–Trinajstić information content (AvgIpc) is 2.17. The predicted molar refractivity (Wildman–Crippen MR) is 51.4 cm³/mol. The lowest BCUT2D eigenvalue weighted by Crippen LogP contribution is -2.35. The topological polar surface area (TPSA) is 56.0 Å². The van der Waals surface area contributed by atoms with Crippen molar-refractivity contribution in [1.29, 1.82) is 0 Å². The molecule has 1 heterocycles. The highest BCUT2D eigenvalue weighted by Crippen LogP contribution is 2.06. The van der Waals surface area contributed by atoms with Crippen molar-refractivity contribution in [1.82, 2.24) is 4.98 Å². The molecule has 1 aromatic heterocycles. The fraction of sp³-hybridized carbons (Fsp3) is 0.400. The second-order valence-electron chi connectivity index (χ2n) is 3.38. The molecular weight excluding hydrogens is 164 g/mol. The SMILES string of the molecule is CC(C)C(N)C(=O)c1cccnc1. The van der Waals surface area contributed by atoms with E-state index in [4.69, 9.17) is 5.73 Å². The van der Waals surface area contributed by atoms with Crippen LogP contribution in [0.4, 0.5) is 0 Å². The first-order valence-corrected chi connectivity index (χ1v) is 4.32. The number of aromatic nitrogens is 1. The van der Waals surface area contributed by atoms with Crippen LogP contribution in [0.5, 0.6) is 0 Å². The molecule has 0 radical (unpaired) electrons. The number of pyridine rings is 1. The number of Topliss-reactive ketones (excluding diaryl/α,β-unsaturated/α-hetero) is 1. The van der Waals surface area contributed by atoms with E-state index >= 15 is 0 Å². The van der Waals surface area contributed by atoms with Crippen molar-refractivity contribution in [2.75, 3.05) is 0 Å². The summed E-state index contributed by atoms with van der Waals surface area (Å²) < 4.78 is 0. The number of carbonyl (C=O) groups is 1. The van der Waals surface area contributed by atoms with Crippen LogP contribution in [0.1, 0.15) is 24.2 Å². The lowest BCUT2D eigenvalue weighted by molar-refractivity contribution is 0.0940. The van der Waals surface area contributed by atoms with Gasteiger partial charge in [0.2, 0.25) is 0 Å². The Bertz CT molecular complexity index is 282. The van der Waals surface area contributed by atoms with E-state index in [0.717, 1.165) is 0 Å². The Morgan fingerprint density at radius 1 is 1.54 bits per heavy atom. The lowest BCUT2D eigenvalue weighted by Gasteiger charge is -2.13. The first-order chi connectivity index (χ1) is 6.13. The van der Waals surface area contributed by atoms with Gasteiger partial charge in [-0.05, 0) is 18.1 Å². The number of carbonyl (C=O) groups excluding carboxylic acids is 1. The zero-order chi connectivity index (χ0) is 9.84. The Morgan fingerprint density at radius 3 is 2.69 bits per heavy atom. The molecule has 70 valence electrons. The van der Waals surface area contributed by atoms with Gasteiger partial charge < -0.3 is 5.73 Å². The van der Waals surface area contributed by atoms with Crippen molar-refractivity contribution in [2.45, 2.75) is 19.9 Å². The maximum absolute atomic E-state index is 11.6. The first kappa shape index (κ1) is 9.86. The molecule has 1 rings (SSSR count). The summed E-state index contributed by atoms with van der Waals surface area (Å²) in [6, 6.07) is 3.04. The second kappa shape index (κ2) is 4.14. The summed E-state index contributed by atoms with van der Waals surface area (Å²) in [6.45, 7) is 3.86. The molecule has 0 aromatic carbocycles.